The van der Waals surface area contributed by atoms with E-state index in [4.69, 9.17) is 37.1 Å². The van der Waals surface area contributed by atoms with E-state index in [1.54, 1.807) is 46.1 Å². The molecule has 0 saturated carbocycles. The Morgan fingerprint density at radius 1 is 0.854 bits per heavy atom. The van der Waals surface area contributed by atoms with Gasteiger partial charge in [0, 0.05) is 6.54 Å². The number of rotatable bonds is 15. The largest absolute Gasteiger partial charge is 0.464 e. The van der Waals surface area contributed by atoms with E-state index in [1.807, 2.05) is 0 Å². The van der Waals surface area contributed by atoms with Crippen molar-refractivity contribution < 1.29 is 28.6 Å². The molecule has 0 unspecified atom stereocenters. The van der Waals surface area contributed by atoms with Crippen LogP contribution in [0.3, 0.4) is 0 Å². The molecule has 0 amide bonds. The lowest BCUT2D eigenvalue weighted by Gasteiger charge is -2.34. The van der Waals surface area contributed by atoms with E-state index in [9.17, 15) is 19.2 Å². The quantitative estimate of drug-likeness (QED) is 0.134. The minimum Gasteiger partial charge on any atom is -0.464 e. The van der Waals surface area contributed by atoms with Crippen LogP contribution in [-0.4, -0.2) is 75.4 Å². The Morgan fingerprint density at radius 2 is 1.27 bits per heavy atom. The van der Waals surface area contributed by atoms with Gasteiger partial charge < -0.3 is 41.7 Å². The molecule has 3 atom stereocenters. The van der Waals surface area contributed by atoms with Gasteiger partial charge in [0.2, 0.25) is 5.95 Å². The Bertz CT molecular complexity index is 1180. The molecule has 0 aromatic carbocycles. The number of ether oxygens (including phenoxy) is 3. The van der Waals surface area contributed by atoms with Crippen molar-refractivity contribution in [3.63, 3.8) is 0 Å². The number of hydrogen-bond donors (Lipinski definition) is 5. The first-order valence-electron chi connectivity index (χ1n) is 13.6. The van der Waals surface area contributed by atoms with Gasteiger partial charge in [0.1, 0.15) is 37.9 Å². The predicted molar refractivity (Wildman–Crippen MR) is 151 cm³/mol. The SMILES string of the molecule is CC(C)[C@H](N)C(=O)OCC(CCn1cnc2c(=O)[nH]c(N)nc21)(COC(=O)[C@@H](N)C(C)C)COC(=O)[C@@H](N)C(C)C. The van der Waals surface area contributed by atoms with Gasteiger partial charge >= 0.3 is 17.9 Å². The molecule has 0 aliphatic rings. The highest BCUT2D eigenvalue weighted by Crippen LogP contribution is 2.28. The van der Waals surface area contributed by atoms with Gasteiger partial charge in [-0.3, -0.25) is 24.2 Å². The van der Waals surface area contributed by atoms with Gasteiger partial charge in [-0.25, -0.2) is 4.98 Å². The van der Waals surface area contributed by atoms with Crippen molar-refractivity contribution in [2.75, 3.05) is 25.6 Å². The average Bonchev–Trinajstić information content (AvgIpc) is 3.33. The average molecular weight is 581 g/mol. The van der Waals surface area contributed by atoms with Gasteiger partial charge in [-0.2, -0.15) is 4.98 Å². The number of nitrogens with one attached hydrogen (secondary N) is 1. The molecule has 9 N–H and O–H groups in total. The molecule has 2 aromatic rings. The Morgan fingerprint density at radius 3 is 1.66 bits per heavy atom. The summed E-state index contributed by atoms with van der Waals surface area (Å²) in [6, 6.07) is -2.71. The van der Waals surface area contributed by atoms with Gasteiger partial charge in [0.25, 0.3) is 5.56 Å². The molecule has 0 fully saturated rings. The molecule has 0 aliphatic heterocycles. The first-order chi connectivity index (χ1) is 19.1. The molecule has 230 valence electrons. The lowest BCUT2D eigenvalue weighted by Crippen LogP contribution is -2.46. The summed E-state index contributed by atoms with van der Waals surface area (Å²) in [7, 11) is 0. The molecule has 15 heteroatoms. The van der Waals surface area contributed by atoms with E-state index >= 15 is 0 Å². The second-order valence-corrected chi connectivity index (χ2v) is 11.4. The van der Waals surface area contributed by atoms with E-state index in [-0.39, 0.29) is 67.7 Å². The highest BCUT2D eigenvalue weighted by Gasteiger charge is 2.38. The van der Waals surface area contributed by atoms with Crippen molar-refractivity contribution >= 4 is 35.0 Å². The van der Waals surface area contributed by atoms with E-state index in [2.05, 4.69) is 15.0 Å². The maximum absolute atomic E-state index is 12.7. The molecular weight excluding hydrogens is 536 g/mol. The predicted octanol–water partition coefficient (Wildman–Crippen LogP) is -0.342. The number of anilines is 1. The topological polar surface area (TPSA) is 247 Å². The second kappa shape index (κ2) is 14.4. The number of hydrogen-bond acceptors (Lipinski definition) is 13. The van der Waals surface area contributed by atoms with Crippen LogP contribution in [0.25, 0.3) is 11.2 Å². The fourth-order valence-electron chi connectivity index (χ4n) is 3.61. The summed E-state index contributed by atoms with van der Waals surface area (Å²) in [5.41, 5.74) is 22.2. The molecule has 0 bridgehead atoms. The van der Waals surface area contributed by atoms with Crippen LogP contribution in [0.5, 0.6) is 0 Å². The first-order valence-corrected chi connectivity index (χ1v) is 13.6. The summed E-state index contributed by atoms with van der Waals surface area (Å²) in [6.07, 6.45) is 1.52. The van der Waals surface area contributed by atoms with E-state index in [1.165, 1.54) is 6.33 Å². The van der Waals surface area contributed by atoms with Crippen LogP contribution >= 0.6 is 0 Å². The summed E-state index contributed by atoms with van der Waals surface area (Å²) >= 11 is 0. The molecule has 2 heterocycles. The number of aromatic amines is 1. The van der Waals surface area contributed by atoms with Gasteiger partial charge in [-0.05, 0) is 24.2 Å². The monoisotopic (exact) mass is 580 g/mol. The van der Waals surface area contributed by atoms with Gasteiger partial charge in [0.15, 0.2) is 11.2 Å². The highest BCUT2D eigenvalue weighted by atomic mass is 16.6. The highest BCUT2D eigenvalue weighted by molar-refractivity contribution is 5.77. The van der Waals surface area contributed by atoms with Crippen LogP contribution in [0.2, 0.25) is 0 Å². The summed E-state index contributed by atoms with van der Waals surface area (Å²) in [5.74, 6) is -2.72. The second-order valence-electron chi connectivity index (χ2n) is 11.4. The summed E-state index contributed by atoms with van der Waals surface area (Å²) in [5, 5.41) is 0. The van der Waals surface area contributed by atoms with E-state index in [0.29, 0.717) is 0 Å². The fourth-order valence-corrected chi connectivity index (χ4v) is 3.61. The maximum Gasteiger partial charge on any atom is 0.323 e. The lowest BCUT2D eigenvalue weighted by molar-refractivity contribution is -0.165. The van der Waals surface area contributed by atoms with Crippen molar-refractivity contribution in [1.82, 2.24) is 19.5 Å². The number of aryl methyl sites for hydroxylation is 1. The summed E-state index contributed by atoms with van der Waals surface area (Å²) in [6.45, 7) is 9.82. The maximum atomic E-state index is 12.7. The van der Waals surface area contributed by atoms with E-state index < -0.39 is 47.0 Å². The van der Waals surface area contributed by atoms with Gasteiger partial charge in [-0.1, -0.05) is 41.5 Å². The number of aromatic nitrogens is 4. The number of nitrogens with zero attached hydrogens (tertiary/aromatic N) is 3. The van der Waals surface area contributed by atoms with Crippen LogP contribution in [0.15, 0.2) is 11.1 Å². The number of nitrogens with two attached hydrogens (primary N) is 4. The van der Waals surface area contributed by atoms with Crippen molar-refractivity contribution in [3.05, 3.63) is 16.7 Å². The third-order valence-electron chi connectivity index (χ3n) is 6.91. The van der Waals surface area contributed by atoms with Crippen molar-refractivity contribution in [2.45, 2.75) is 72.6 Å². The zero-order valence-electron chi connectivity index (χ0n) is 24.6. The minimum absolute atomic E-state index is 0.0720. The molecule has 2 aromatic heterocycles. The molecule has 15 nitrogen and oxygen atoms in total. The Labute approximate surface area is 238 Å². The third kappa shape index (κ3) is 8.96. The standard InChI is InChI=1S/C26H44N8O7/c1-13(2)16(27)22(36)39-9-26(10-40-23(37)17(28)14(3)4,11-41-24(38)18(29)15(5)6)7-8-34-12-31-19-20(34)32-25(30)33-21(19)35/h12-18H,7-11,27-29H2,1-6H3,(H3,30,32,33,35)/t16-,17-,18-/m0/s1. The first kappa shape index (κ1) is 33.6. The van der Waals surface area contributed by atoms with Gasteiger partial charge in [-0.15, -0.1) is 0 Å². The number of esters is 3. The molecule has 0 radical (unpaired) electrons. The fraction of sp³-hybridized carbons (Fsp3) is 0.692. The van der Waals surface area contributed by atoms with Gasteiger partial charge in [0.05, 0.1) is 11.7 Å². The zero-order valence-corrected chi connectivity index (χ0v) is 24.6. The number of imidazole rings is 1. The number of carbonyl (C=O) groups excluding carboxylic acids is 3. The lowest BCUT2D eigenvalue weighted by atomic mass is 9.86. The molecular formula is C26H44N8O7. The summed E-state index contributed by atoms with van der Waals surface area (Å²) < 4.78 is 18.3. The molecule has 2 rings (SSSR count). The number of fused-ring (bicyclic) bond motifs is 1. The molecule has 0 aliphatic carbocycles. The Hall–Kier alpha value is -3.56. The normalized spacial score (nSPS) is 14.3. The van der Waals surface area contributed by atoms with Crippen LogP contribution in [0.4, 0.5) is 5.95 Å². The molecule has 41 heavy (non-hydrogen) atoms. The van der Waals surface area contributed by atoms with E-state index in [0.717, 1.165) is 0 Å². The van der Waals surface area contributed by atoms with Crippen molar-refractivity contribution in [1.29, 1.82) is 0 Å². The zero-order chi connectivity index (χ0) is 31.1. The van der Waals surface area contributed by atoms with Crippen molar-refractivity contribution in [2.24, 2.45) is 40.4 Å². The smallest absolute Gasteiger partial charge is 0.323 e. The third-order valence-corrected chi connectivity index (χ3v) is 6.91. The van der Waals surface area contributed by atoms with Crippen LogP contribution in [-0.2, 0) is 35.1 Å². The van der Waals surface area contributed by atoms with Crippen LogP contribution in [0.1, 0.15) is 48.0 Å². The van der Waals surface area contributed by atoms with Crippen LogP contribution < -0.4 is 28.5 Å². The molecule has 0 spiro atoms. The Kier molecular flexibility index (Phi) is 11.8. The van der Waals surface area contributed by atoms with Crippen LogP contribution in [0, 0.1) is 23.2 Å². The molecule has 0 saturated heterocycles. The van der Waals surface area contributed by atoms with Crippen molar-refractivity contribution in [3.8, 4) is 0 Å². The summed E-state index contributed by atoms with van der Waals surface area (Å²) in [4.78, 5) is 61.0. The number of nitrogen functional groups attached to an aromatic ring is 1. The number of H-pyrrole nitrogens is 1. The number of carbonyl (C=O) groups is 3. The Balaban J connectivity index is 2.45. The minimum atomic E-state index is -1.26.